The molecule has 4 nitrogen and oxygen atoms in total. The fraction of sp³-hybridized carbons (Fsp3) is 0.333. The van der Waals surface area contributed by atoms with Crippen LogP contribution < -0.4 is 5.73 Å². The van der Waals surface area contributed by atoms with Crippen LogP contribution in [-0.4, -0.2) is 22.5 Å². The highest BCUT2D eigenvalue weighted by Gasteiger charge is 2.04. The number of aromatic nitrogens is 1. The lowest BCUT2D eigenvalue weighted by molar-refractivity contribution is 0.296. The molecule has 3 N–H and O–H groups in total. The molecule has 5 heteroatoms. The average Bonchev–Trinajstić information content (AvgIpc) is 2.20. The zero-order valence-electron chi connectivity index (χ0n) is 7.60. The lowest BCUT2D eigenvalue weighted by Crippen LogP contribution is -1.93. The zero-order chi connectivity index (χ0) is 10.4. The number of nitrogens with zero attached hydrogens (tertiary/aromatic N) is 2. The molecule has 1 rings (SSSR count). The van der Waals surface area contributed by atoms with Gasteiger partial charge >= 0.3 is 0 Å². The van der Waals surface area contributed by atoms with Crippen LogP contribution in [0.3, 0.4) is 0 Å². The minimum atomic E-state index is 0.157. The number of aliphatic hydroxyl groups excluding tert-OH is 1. The van der Waals surface area contributed by atoms with E-state index < -0.39 is 0 Å². The Morgan fingerprint density at radius 3 is 3.07 bits per heavy atom. The molecule has 0 saturated heterocycles. The predicted molar refractivity (Wildman–Crippen MR) is 55.8 cm³/mol. The Kier molecular flexibility index (Phi) is 4.23. The summed E-state index contributed by atoms with van der Waals surface area (Å²) in [5.74, 6) is 0.752. The van der Waals surface area contributed by atoms with E-state index in [2.05, 4.69) is 4.98 Å². The maximum absolute atomic E-state index is 8.79. The van der Waals surface area contributed by atoms with Gasteiger partial charge in [-0.2, -0.15) is 5.26 Å². The molecule has 0 bridgehead atoms. The van der Waals surface area contributed by atoms with E-state index in [4.69, 9.17) is 16.1 Å². The van der Waals surface area contributed by atoms with Crippen molar-refractivity contribution in [1.82, 2.24) is 4.98 Å². The Labute approximate surface area is 86.8 Å². The highest BCUT2D eigenvalue weighted by Crippen LogP contribution is 2.21. The van der Waals surface area contributed by atoms with E-state index in [0.29, 0.717) is 22.7 Å². The predicted octanol–water partition coefficient (Wildman–Crippen LogP) is 1.01. The second kappa shape index (κ2) is 5.47. The van der Waals surface area contributed by atoms with Crippen LogP contribution in [0.25, 0.3) is 0 Å². The first kappa shape index (κ1) is 10.8. The summed E-state index contributed by atoms with van der Waals surface area (Å²) in [5.41, 5.74) is 6.48. The quantitative estimate of drug-likeness (QED) is 0.571. The molecular formula is C9H11N3OS. The summed E-state index contributed by atoms with van der Waals surface area (Å²) in [6.45, 7) is 0.157. The van der Waals surface area contributed by atoms with Gasteiger partial charge in [0.05, 0.1) is 17.4 Å². The summed E-state index contributed by atoms with van der Waals surface area (Å²) >= 11 is 1.46. The fourth-order valence-electron chi connectivity index (χ4n) is 0.897. The number of nitriles is 1. The molecule has 0 fully saturated rings. The highest BCUT2D eigenvalue weighted by atomic mass is 32.2. The molecule has 0 saturated carbocycles. The maximum atomic E-state index is 8.79. The number of thioether (sulfide) groups is 1. The lowest BCUT2D eigenvalue weighted by atomic mass is 10.3. The van der Waals surface area contributed by atoms with Crippen molar-refractivity contribution in [1.29, 1.82) is 5.26 Å². The molecule has 74 valence electrons. The largest absolute Gasteiger partial charge is 0.397 e. The van der Waals surface area contributed by atoms with Crippen molar-refractivity contribution >= 4 is 17.4 Å². The molecular weight excluding hydrogens is 198 g/mol. The van der Waals surface area contributed by atoms with Crippen LogP contribution >= 0.6 is 11.8 Å². The van der Waals surface area contributed by atoms with Crippen molar-refractivity contribution in [3.8, 4) is 6.07 Å². The van der Waals surface area contributed by atoms with Crippen LogP contribution in [0.4, 0.5) is 5.69 Å². The third-order valence-electron chi connectivity index (χ3n) is 1.53. The summed E-state index contributed by atoms with van der Waals surface area (Å²) in [6.07, 6.45) is 2.23. The normalized spacial score (nSPS) is 9.71. The average molecular weight is 209 g/mol. The molecule has 1 heterocycles. The molecule has 1 aromatic rings. The van der Waals surface area contributed by atoms with E-state index >= 15 is 0 Å². The molecule has 0 amide bonds. The van der Waals surface area contributed by atoms with E-state index in [1.807, 2.05) is 6.07 Å². The van der Waals surface area contributed by atoms with Gasteiger partial charge in [0.25, 0.3) is 0 Å². The summed E-state index contributed by atoms with van der Waals surface area (Å²) < 4.78 is 0. The van der Waals surface area contributed by atoms with E-state index in [-0.39, 0.29) is 6.61 Å². The van der Waals surface area contributed by atoms with Gasteiger partial charge in [0, 0.05) is 12.4 Å². The van der Waals surface area contributed by atoms with Gasteiger partial charge in [0.1, 0.15) is 11.1 Å². The highest BCUT2D eigenvalue weighted by molar-refractivity contribution is 7.99. The Bertz CT molecular complexity index is 348. The lowest BCUT2D eigenvalue weighted by Gasteiger charge is -2.02. The van der Waals surface area contributed by atoms with E-state index in [1.165, 1.54) is 18.0 Å². The van der Waals surface area contributed by atoms with E-state index in [1.54, 1.807) is 6.07 Å². The molecule has 0 aliphatic heterocycles. The SMILES string of the molecule is N#Cc1cc(N)cnc1SCCCO. The van der Waals surface area contributed by atoms with Crippen molar-refractivity contribution in [3.05, 3.63) is 17.8 Å². The van der Waals surface area contributed by atoms with Crippen LogP contribution in [0.2, 0.25) is 0 Å². The first-order valence-corrected chi connectivity index (χ1v) is 5.15. The number of nitrogen functional groups attached to an aromatic ring is 1. The Morgan fingerprint density at radius 2 is 2.43 bits per heavy atom. The summed E-state index contributed by atoms with van der Waals surface area (Å²) in [7, 11) is 0. The number of hydrogen-bond donors (Lipinski definition) is 2. The van der Waals surface area contributed by atoms with Crippen molar-refractivity contribution in [3.63, 3.8) is 0 Å². The summed E-state index contributed by atoms with van der Waals surface area (Å²) in [5, 5.41) is 18.1. The number of hydrogen-bond acceptors (Lipinski definition) is 5. The topological polar surface area (TPSA) is 82.9 Å². The second-order valence-electron chi connectivity index (χ2n) is 2.66. The zero-order valence-corrected chi connectivity index (χ0v) is 8.42. The summed E-state index contributed by atoms with van der Waals surface area (Å²) in [4.78, 5) is 4.05. The van der Waals surface area contributed by atoms with Gasteiger partial charge in [0.15, 0.2) is 0 Å². The first-order chi connectivity index (χ1) is 6.77. The smallest absolute Gasteiger partial charge is 0.114 e. The second-order valence-corrected chi connectivity index (χ2v) is 3.74. The van der Waals surface area contributed by atoms with Crippen molar-refractivity contribution in [2.45, 2.75) is 11.4 Å². The minimum Gasteiger partial charge on any atom is -0.397 e. The first-order valence-electron chi connectivity index (χ1n) is 4.17. The van der Waals surface area contributed by atoms with Gasteiger partial charge in [0.2, 0.25) is 0 Å². The van der Waals surface area contributed by atoms with Crippen LogP contribution in [0, 0.1) is 11.3 Å². The van der Waals surface area contributed by atoms with E-state index in [9.17, 15) is 0 Å². The summed E-state index contributed by atoms with van der Waals surface area (Å²) in [6, 6.07) is 3.64. The van der Waals surface area contributed by atoms with Gasteiger partial charge < -0.3 is 10.8 Å². The molecule has 0 spiro atoms. The number of nitrogens with two attached hydrogens (primary N) is 1. The minimum absolute atomic E-state index is 0.157. The third kappa shape index (κ3) is 2.91. The monoisotopic (exact) mass is 209 g/mol. The van der Waals surface area contributed by atoms with Crippen LogP contribution in [-0.2, 0) is 0 Å². The number of anilines is 1. The fourth-order valence-corrected chi connectivity index (χ4v) is 1.75. The number of aliphatic hydroxyl groups is 1. The molecule has 0 aromatic carbocycles. The molecule has 0 aliphatic carbocycles. The van der Waals surface area contributed by atoms with Crippen LogP contribution in [0.1, 0.15) is 12.0 Å². The van der Waals surface area contributed by atoms with Gasteiger partial charge in [-0.3, -0.25) is 0 Å². The maximum Gasteiger partial charge on any atom is 0.114 e. The van der Waals surface area contributed by atoms with Gasteiger partial charge in [-0.05, 0) is 12.5 Å². The van der Waals surface area contributed by atoms with Crippen molar-refractivity contribution in [2.24, 2.45) is 0 Å². The van der Waals surface area contributed by atoms with Crippen molar-refractivity contribution < 1.29 is 5.11 Å². The molecule has 0 radical (unpaired) electrons. The molecule has 1 aromatic heterocycles. The molecule has 0 unspecified atom stereocenters. The van der Waals surface area contributed by atoms with Crippen molar-refractivity contribution in [2.75, 3.05) is 18.1 Å². The number of rotatable bonds is 4. The Morgan fingerprint density at radius 1 is 1.64 bits per heavy atom. The Hall–Kier alpha value is -1.25. The van der Waals surface area contributed by atoms with Gasteiger partial charge in [-0.1, -0.05) is 0 Å². The van der Waals surface area contributed by atoms with Gasteiger partial charge in [-0.15, -0.1) is 11.8 Å². The molecule has 0 atom stereocenters. The standard InChI is InChI=1S/C9H11N3OS/c10-5-7-4-8(11)6-12-9(7)14-3-1-2-13/h4,6,13H,1-3,11H2. The van der Waals surface area contributed by atoms with E-state index in [0.717, 1.165) is 5.75 Å². The van der Waals surface area contributed by atoms with Crippen LogP contribution in [0.5, 0.6) is 0 Å². The number of pyridine rings is 1. The molecule has 0 aliphatic rings. The van der Waals surface area contributed by atoms with Crippen LogP contribution in [0.15, 0.2) is 17.3 Å². The third-order valence-corrected chi connectivity index (χ3v) is 2.63. The molecule has 14 heavy (non-hydrogen) atoms. The Balaban J connectivity index is 2.72. The van der Waals surface area contributed by atoms with Gasteiger partial charge in [-0.25, -0.2) is 4.98 Å².